The van der Waals surface area contributed by atoms with Gasteiger partial charge in [-0.05, 0) is 42.8 Å². The summed E-state index contributed by atoms with van der Waals surface area (Å²) in [4.78, 5) is 26.7. The first-order valence-corrected chi connectivity index (χ1v) is 12.2. The first-order valence-electron chi connectivity index (χ1n) is 11.4. The summed E-state index contributed by atoms with van der Waals surface area (Å²) >= 11 is 1.65. The molecule has 33 heavy (non-hydrogen) atoms. The van der Waals surface area contributed by atoms with Crippen molar-refractivity contribution in [2.24, 2.45) is 5.92 Å². The van der Waals surface area contributed by atoms with Crippen LogP contribution >= 0.6 is 11.8 Å². The lowest BCUT2D eigenvalue weighted by atomic mass is 9.98. The molecule has 6 nitrogen and oxygen atoms in total. The number of allylic oxidation sites excluding steroid dienone is 1. The first-order chi connectivity index (χ1) is 16.0. The minimum atomic E-state index is -0.0798. The van der Waals surface area contributed by atoms with Crippen molar-refractivity contribution in [1.82, 2.24) is 10.9 Å². The molecular weight excluding hydrogens is 432 g/mol. The minimum absolute atomic E-state index is 0.00253. The molecule has 2 aliphatic heterocycles. The van der Waals surface area contributed by atoms with E-state index in [1.807, 2.05) is 56.3 Å². The highest BCUT2D eigenvalue weighted by Crippen LogP contribution is 2.42. The number of benzene rings is 2. The van der Waals surface area contributed by atoms with Crippen molar-refractivity contribution < 1.29 is 9.59 Å². The number of para-hydroxylation sites is 1. The topological polar surface area (TPSA) is 82.3 Å². The van der Waals surface area contributed by atoms with E-state index in [1.54, 1.807) is 11.8 Å². The van der Waals surface area contributed by atoms with Gasteiger partial charge in [0.05, 0.1) is 17.3 Å². The molecule has 1 saturated heterocycles. The van der Waals surface area contributed by atoms with Gasteiger partial charge >= 0.3 is 0 Å². The Morgan fingerprint density at radius 3 is 2.61 bits per heavy atom. The molecule has 0 aromatic heterocycles. The molecule has 4 N–H and O–H groups in total. The maximum atomic E-state index is 12.7. The van der Waals surface area contributed by atoms with E-state index in [-0.39, 0.29) is 23.8 Å². The van der Waals surface area contributed by atoms with Gasteiger partial charge in [-0.1, -0.05) is 63.6 Å². The molecule has 0 radical (unpaired) electrons. The Balaban J connectivity index is 1.63. The lowest BCUT2D eigenvalue weighted by Crippen LogP contribution is -2.31. The van der Waals surface area contributed by atoms with Crippen LogP contribution in [0.2, 0.25) is 0 Å². The molecule has 0 bridgehead atoms. The average molecular weight is 463 g/mol. The van der Waals surface area contributed by atoms with Crippen molar-refractivity contribution in [2.75, 3.05) is 10.6 Å². The van der Waals surface area contributed by atoms with Crippen molar-refractivity contribution in [3.8, 4) is 0 Å². The zero-order valence-corrected chi connectivity index (χ0v) is 20.0. The fourth-order valence-corrected chi connectivity index (χ4v) is 4.82. The van der Waals surface area contributed by atoms with Crippen LogP contribution in [-0.4, -0.2) is 17.9 Å². The van der Waals surface area contributed by atoms with Crippen LogP contribution in [0, 0.1) is 5.92 Å². The summed E-state index contributed by atoms with van der Waals surface area (Å²) in [5, 5.41) is 6.40. The number of rotatable bonds is 7. The molecule has 0 aliphatic carbocycles. The molecule has 2 aromatic rings. The summed E-state index contributed by atoms with van der Waals surface area (Å²) in [5.74, 6) is -0.142. The van der Waals surface area contributed by atoms with Gasteiger partial charge in [0.1, 0.15) is 0 Å². The molecule has 1 fully saturated rings. The lowest BCUT2D eigenvalue weighted by molar-refractivity contribution is -0.119. The normalized spacial score (nSPS) is 19.6. The van der Waals surface area contributed by atoms with Crippen LogP contribution in [0.15, 0.2) is 70.8 Å². The number of carbonyl (C=O) groups excluding carboxylic acids is 2. The van der Waals surface area contributed by atoms with Gasteiger partial charge in [-0.2, -0.15) is 0 Å². The van der Waals surface area contributed by atoms with E-state index in [0.29, 0.717) is 0 Å². The Morgan fingerprint density at radius 1 is 1.12 bits per heavy atom. The van der Waals surface area contributed by atoms with Gasteiger partial charge < -0.3 is 10.6 Å². The summed E-state index contributed by atoms with van der Waals surface area (Å²) in [6.45, 7) is 5.90. The fourth-order valence-electron chi connectivity index (χ4n) is 3.83. The third kappa shape index (κ3) is 5.31. The van der Waals surface area contributed by atoms with Crippen molar-refractivity contribution in [3.63, 3.8) is 0 Å². The number of fused-ring (bicyclic) bond motifs is 1. The fraction of sp³-hybridized carbons (Fsp3) is 0.308. The molecular formula is C26H30N4O2S. The Labute approximate surface area is 199 Å². The van der Waals surface area contributed by atoms with E-state index in [9.17, 15) is 9.59 Å². The standard InChI is InChI=1S/C26H30N4O2S/c1-4-5-9-21-24(26(32)30-29-21)22-15-23(19-8-6-7-10-20(19)28-22)33-18-13-11-17(12-14-18)27-25(31)16(2)3/h6-8,10-16,21,28-29H,4-5,9H2,1-3H3,(H,27,31)(H,30,32)/b24-22-. The second-order valence-electron chi connectivity index (χ2n) is 8.57. The highest BCUT2D eigenvalue weighted by Gasteiger charge is 2.32. The number of amides is 2. The summed E-state index contributed by atoms with van der Waals surface area (Å²) in [5.41, 5.74) is 10.4. The van der Waals surface area contributed by atoms with E-state index in [2.05, 4.69) is 40.6 Å². The highest BCUT2D eigenvalue weighted by atomic mass is 32.2. The van der Waals surface area contributed by atoms with Gasteiger partial charge in [0.25, 0.3) is 5.91 Å². The number of anilines is 2. The van der Waals surface area contributed by atoms with Crippen molar-refractivity contribution in [3.05, 3.63) is 71.4 Å². The molecule has 2 aliphatic rings. The van der Waals surface area contributed by atoms with Crippen LogP contribution in [0.3, 0.4) is 0 Å². The van der Waals surface area contributed by atoms with E-state index in [0.717, 1.165) is 57.3 Å². The van der Waals surface area contributed by atoms with Gasteiger partial charge in [-0.25, -0.2) is 5.43 Å². The van der Waals surface area contributed by atoms with E-state index >= 15 is 0 Å². The second-order valence-corrected chi connectivity index (χ2v) is 9.69. The molecule has 7 heteroatoms. The summed E-state index contributed by atoms with van der Waals surface area (Å²) in [7, 11) is 0. The SMILES string of the molecule is CCCCC1NNC(=O)/C1=C1/C=C(Sc2ccc(NC(=O)C(C)C)cc2)c2ccccc2N1. The maximum absolute atomic E-state index is 12.7. The number of thioether (sulfide) groups is 1. The quantitative estimate of drug-likeness (QED) is 0.421. The average Bonchev–Trinajstić information content (AvgIpc) is 3.18. The number of hydrazine groups is 1. The van der Waals surface area contributed by atoms with Crippen molar-refractivity contribution in [2.45, 2.75) is 51.0 Å². The molecule has 2 heterocycles. The Morgan fingerprint density at radius 2 is 1.88 bits per heavy atom. The van der Waals surface area contributed by atoms with Crippen LogP contribution in [0.25, 0.3) is 4.91 Å². The smallest absolute Gasteiger partial charge is 0.265 e. The lowest BCUT2D eigenvalue weighted by Gasteiger charge is -2.23. The van der Waals surface area contributed by atoms with Crippen LogP contribution in [0.1, 0.15) is 45.6 Å². The van der Waals surface area contributed by atoms with E-state index < -0.39 is 0 Å². The minimum Gasteiger partial charge on any atom is -0.355 e. The monoisotopic (exact) mass is 462 g/mol. The number of unbranched alkanes of at least 4 members (excludes halogenated alkanes) is 1. The first kappa shape index (κ1) is 23.1. The molecule has 1 unspecified atom stereocenters. The number of hydrogen-bond acceptors (Lipinski definition) is 5. The maximum Gasteiger partial charge on any atom is 0.265 e. The van der Waals surface area contributed by atoms with Crippen LogP contribution in [-0.2, 0) is 9.59 Å². The summed E-state index contributed by atoms with van der Waals surface area (Å²) in [6, 6.07) is 16.0. The Kier molecular flexibility index (Phi) is 7.20. The molecule has 0 spiro atoms. The van der Waals surface area contributed by atoms with Gasteiger partial charge in [0, 0.05) is 32.7 Å². The number of nitrogens with one attached hydrogen (secondary N) is 4. The van der Waals surface area contributed by atoms with Crippen LogP contribution in [0.5, 0.6) is 0 Å². The Hall–Kier alpha value is -3.03. The molecule has 1 atom stereocenters. The van der Waals surface area contributed by atoms with Gasteiger partial charge in [-0.15, -0.1) is 0 Å². The Bertz CT molecular complexity index is 1110. The highest BCUT2D eigenvalue weighted by molar-refractivity contribution is 8.08. The van der Waals surface area contributed by atoms with Gasteiger partial charge in [0.2, 0.25) is 5.91 Å². The van der Waals surface area contributed by atoms with Gasteiger partial charge in [0.15, 0.2) is 0 Å². The zero-order valence-electron chi connectivity index (χ0n) is 19.2. The predicted molar refractivity (Wildman–Crippen MR) is 135 cm³/mol. The van der Waals surface area contributed by atoms with Crippen molar-refractivity contribution in [1.29, 1.82) is 0 Å². The second kappa shape index (κ2) is 10.3. The third-order valence-electron chi connectivity index (χ3n) is 5.70. The largest absolute Gasteiger partial charge is 0.355 e. The van der Waals surface area contributed by atoms with Crippen LogP contribution < -0.4 is 21.5 Å². The third-order valence-corrected chi connectivity index (χ3v) is 6.77. The molecule has 0 saturated carbocycles. The predicted octanol–water partition coefficient (Wildman–Crippen LogP) is 5.29. The molecule has 4 rings (SSSR count). The summed E-state index contributed by atoms with van der Waals surface area (Å²) < 4.78 is 0. The van der Waals surface area contributed by atoms with E-state index in [4.69, 9.17) is 0 Å². The molecule has 2 aromatic carbocycles. The van der Waals surface area contributed by atoms with Gasteiger partial charge in [-0.3, -0.25) is 15.0 Å². The van der Waals surface area contributed by atoms with Crippen molar-refractivity contribution >= 4 is 39.9 Å². The molecule has 172 valence electrons. The van der Waals surface area contributed by atoms with Crippen LogP contribution in [0.4, 0.5) is 11.4 Å². The van der Waals surface area contributed by atoms with E-state index in [1.165, 1.54) is 0 Å². The molecule has 2 amide bonds. The number of carbonyl (C=O) groups is 2. The summed E-state index contributed by atoms with van der Waals surface area (Å²) in [6.07, 6.45) is 5.10. The number of hydrogen-bond donors (Lipinski definition) is 4. The zero-order chi connectivity index (χ0) is 23.4.